The summed E-state index contributed by atoms with van der Waals surface area (Å²) in [6.07, 6.45) is 5.36. The molecule has 2 atom stereocenters. The van der Waals surface area contributed by atoms with Crippen molar-refractivity contribution in [2.45, 2.75) is 25.8 Å². The number of carbonyl (C=O) groups is 2. The number of hydrogen-bond acceptors (Lipinski definition) is 6. The lowest BCUT2D eigenvalue weighted by atomic mass is 9.81. The lowest BCUT2D eigenvalue weighted by molar-refractivity contribution is -0.122. The van der Waals surface area contributed by atoms with Gasteiger partial charge in [-0.2, -0.15) is 0 Å². The summed E-state index contributed by atoms with van der Waals surface area (Å²) >= 11 is 0. The molecule has 0 spiro atoms. The van der Waals surface area contributed by atoms with Gasteiger partial charge in [0, 0.05) is 31.4 Å². The third-order valence-corrected chi connectivity index (χ3v) is 4.67. The highest BCUT2D eigenvalue weighted by molar-refractivity contribution is 5.84. The van der Waals surface area contributed by atoms with E-state index >= 15 is 0 Å². The van der Waals surface area contributed by atoms with Crippen LogP contribution in [0.4, 0.5) is 0 Å². The maximum Gasteiger partial charge on any atom is 0.374 e. The van der Waals surface area contributed by atoms with Crippen molar-refractivity contribution in [3.8, 4) is 0 Å². The number of hydrogen-bond donors (Lipinski definition) is 3. The molecule has 0 unspecified atom stereocenters. The van der Waals surface area contributed by atoms with Crippen molar-refractivity contribution in [1.29, 1.82) is 0 Å². The van der Waals surface area contributed by atoms with Crippen LogP contribution in [0, 0.1) is 11.8 Å². The molecule has 0 aromatic carbocycles. The Bertz CT molecular complexity index is 747. The van der Waals surface area contributed by atoms with Gasteiger partial charge in [0.15, 0.2) is 0 Å². The van der Waals surface area contributed by atoms with Gasteiger partial charge in [-0.05, 0) is 49.4 Å². The molecule has 0 aliphatic carbocycles. The molecule has 0 bridgehead atoms. The van der Waals surface area contributed by atoms with Crippen LogP contribution >= 0.6 is 0 Å². The molecule has 8 heteroatoms. The summed E-state index contributed by atoms with van der Waals surface area (Å²) in [6, 6.07) is 5.22. The lowest BCUT2D eigenvalue weighted by Gasteiger charge is -2.31. The van der Waals surface area contributed by atoms with Gasteiger partial charge in [0.05, 0.1) is 5.69 Å². The Labute approximate surface area is 151 Å². The first-order valence-electron chi connectivity index (χ1n) is 8.67. The van der Waals surface area contributed by atoms with E-state index in [9.17, 15) is 9.59 Å². The molecular formula is C18H22N4O4. The van der Waals surface area contributed by atoms with Crippen LogP contribution in [0.1, 0.15) is 34.7 Å². The number of carbonyl (C=O) groups excluding carboxylic acids is 1. The molecule has 1 fully saturated rings. The van der Waals surface area contributed by atoms with Crippen LogP contribution in [0.2, 0.25) is 0 Å². The van der Waals surface area contributed by atoms with Gasteiger partial charge in [-0.25, -0.2) is 4.79 Å². The molecule has 1 aliphatic rings. The monoisotopic (exact) mass is 358 g/mol. The highest BCUT2D eigenvalue weighted by atomic mass is 16.5. The van der Waals surface area contributed by atoms with Gasteiger partial charge in [0.25, 0.3) is 0 Å². The number of nitrogens with one attached hydrogen (secondary N) is 2. The van der Waals surface area contributed by atoms with Crippen molar-refractivity contribution in [3.05, 3.63) is 47.6 Å². The first-order valence-corrected chi connectivity index (χ1v) is 8.67. The summed E-state index contributed by atoms with van der Waals surface area (Å²) in [4.78, 5) is 27.2. The molecule has 26 heavy (non-hydrogen) atoms. The van der Waals surface area contributed by atoms with Gasteiger partial charge in [0.2, 0.25) is 11.7 Å². The predicted octanol–water partition coefficient (Wildman–Crippen LogP) is 1.24. The zero-order chi connectivity index (χ0) is 18.4. The second kappa shape index (κ2) is 8.57. The summed E-state index contributed by atoms with van der Waals surface area (Å²) in [5.41, 5.74) is 1.57. The highest BCUT2D eigenvalue weighted by Gasteiger charge is 2.28. The summed E-state index contributed by atoms with van der Waals surface area (Å²) in [6.45, 7) is 2.11. The maximum absolute atomic E-state index is 12.3. The van der Waals surface area contributed by atoms with Crippen molar-refractivity contribution >= 4 is 11.9 Å². The zero-order valence-corrected chi connectivity index (χ0v) is 14.4. The van der Waals surface area contributed by atoms with Crippen LogP contribution in [-0.4, -0.2) is 40.2 Å². The van der Waals surface area contributed by atoms with Crippen LogP contribution < -0.4 is 10.6 Å². The Kier molecular flexibility index (Phi) is 5.96. The van der Waals surface area contributed by atoms with Gasteiger partial charge in [0.1, 0.15) is 0 Å². The van der Waals surface area contributed by atoms with Gasteiger partial charge in [-0.15, -0.1) is 0 Å². The third kappa shape index (κ3) is 4.89. The molecular weight excluding hydrogens is 336 g/mol. The molecule has 0 radical (unpaired) electrons. The molecule has 3 heterocycles. The second-order valence-corrected chi connectivity index (χ2v) is 6.55. The SMILES string of the molecule is O=C(C[C@H]1CCNC[C@@H]1Cc1cc(C(=O)O)on1)NCc1cccnc1. The van der Waals surface area contributed by atoms with Crippen LogP contribution in [0.25, 0.3) is 0 Å². The van der Waals surface area contributed by atoms with Gasteiger partial charge in [-0.1, -0.05) is 11.2 Å². The van der Waals surface area contributed by atoms with E-state index in [0.29, 0.717) is 25.1 Å². The molecule has 2 aromatic heterocycles. The van der Waals surface area contributed by atoms with E-state index in [1.807, 2.05) is 12.1 Å². The lowest BCUT2D eigenvalue weighted by Crippen LogP contribution is -2.40. The van der Waals surface area contributed by atoms with E-state index in [0.717, 1.165) is 25.1 Å². The number of amides is 1. The molecule has 138 valence electrons. The van der Waals surface area contributed by atoms with Gasteiger partial charge in [-0.3, -0.25) is 9.78 Å². The van der Waals surface area contributed by atoms with E-state index in [1.165, 1.54) is 6.07 Å². The highest BCUT2D eigenvalue weighted by Crippen LogP contribution is 2.26. The number of aromatic nitrogens is 2. The number of rotatable bonds is 7. The van der Waals surface area contributed by atoms with Crippen molar-refractivity contribution in [2.24, 2.45) is 11.8 Å². The fraction of sp³-hybridized carbons (Fsp3) is 0.444. The first-order chi connectivity index (χ1) is 12.6. The Morgan fingerprint density at radius 3 is 3.00 bits per heavy atom. The predicted molar refractivity (Wildman–Crippen MR) is 92.3 cm³/mol. The second-order valence-electron chi connectivity index (χ2n) is 6.55. The van der Waals surface area contributed by atoms with Crippen LogP contribution in [0.5, 0.6) is 0 Å². The van der Waals surface area contributed by atoms with Crippen molar-refractivity contribution in [2.75, 3.05) is 13.1 Å². The normalized spacial score (nSPS) is 19.8. The van der Waals surface area contributed by atoms with Crippen LogP contribution in [0.15, 0.2) is 35.1 Å². The smallest absolute Gasteiger partial charge is 0.374 e. The maximum atomic E-state index is 12.3. The Morgan fingerprint density at radius 2 is 2.27 bits per heavy atom. The fourth-order valence-corrected chi connectivity index (χ4v) is 3.28. The van der Waals surface area contributed by atoms with Crippen molar-refractivity contribution in [1.82, 2.24) is 20.8 Å². The topological polar surface area (TPSA) is 117 Å². The van der Waals surface area contributed by atoms with E-state index in [-0.39, 0.29) is 23.5 Å². The van der Waals surface area contributed by atoms with E-state index in [4.69, 9.17) is 9.63 Å². The quantitative estimate of drug-likeness (QED) is 0.681. The minimum atomic E-state index is -1.13. The number of aromatic carboxylic acids is 1. The molecule has 1 saturated heterocycles. The summed E-state index contributed by atoms with van der Waals surface area (Å²) in [5.74, 6) is -0.849. The number of carboxylic acids is 1. The largest absolute Gasteiger partial charge is 0.475 e. The Morgan fingerprint density at radius 1 is 1.38 bits per heavy atom. The van der Waals surface area contributed by atoms with E-state index < -0.39 is 5.97 Å². The number of pyridine rings is 1. The number of carboxylic acid groups (broad SMARTS) is 1. The average molecular weight is 358 g/mol. The average Bonchev–Trinajstić information content (AvgIpc) is 3.11. The van der Waals surface area contributed by atoms with E-state index in [2.05, 4.69) is 20.8 Å². The van der Waals surface area contributed by atoms with Crippen molar-refractivity contribution < 1.29 is 19.2 Å². The molecule has 1 amide bonds. The summed E-state index contributed by atoms with van der Waals surface area (Å²) in [5, 5.41) is 19.0. The molecule has 3 N–H and O–H groups in total. The van der Waals surface area contributed by atoms with Gasteiger partial charge < -0.3 is 20.3 Å². The van der Waals surface area contributed by atoms with Gasteiger partial charge >= 0.3 is 5.97 Å². The first kappa shape index (κ1) is 18.1. The molecule has 8 nitrogen and oxygen atoms in total. The Hall–Kier alpha value is -2.74. The van der Waals surface area contributed by atoms with Crippen LogP contribution in [-0.2, 0) is 17.8 Å². The Balaban J connectivity index is 1.54. The number of piperidine rings is 1. The molecule has 2 aromatic rings. The third-order valence-electron chi connectivity index (χ3n) is 4.67. The minimum absolute atomic E-state index is 0.0112. The van der Waals surface area contributed by atoms with Crippen LogP contribution in [0.3, 0.4) is 0 Å². The molecule has 1 aliphatic heterocycles. The summed E-state index contributed by atoms with van der Waals surface area (Å²) < 4.78 is 4.82. The molecule has 3 rings (SSSR count). The zero-order valence-electron chi connectivity index (χ0n) is 14.4. The van der Waals surface area contributed by atoms with Crippen molar-refractivity contribution in [3.63, 3.8) is 0 Å². The number of nitrogens with zero attached hydrogens (tertiary/aromatic N) is 2. The molecule has 0 saturated carbocycles. The standard InChI is InChI=1S/C18H22N4O4/c23-17(21-10-12-2-1-4-19-9-12)7-13-3-5-20-11-14(13)6-15-8-16(18(24)25)26-22-15/h1-2,4,8-9,13-14,20H,3,5-7,10-11H2,(H,21,23)(H,24,25)/t13-,14+/m1/s1. The fourth-order valence-electron chi connectivity index (χ4n) is 3.28. The minimum Gasteiger partial charge on any atom is -0.475 e. The summed E-state index contributed by atoms with van der Waals surface area (Å²) in [7, 11) is 0. The van der Waals surface area contributed by atoms with E-state index in [1.54, 1.807) is 12.4 Å².